The van der Waals surface area contributed by atoms with E-state index < -0.39 is 5.97 Å². The Morgan fingerprint density at radius 3 is 1.04 bits per heavy atom. The molecule has 312 valence electrons. The van der Waals surface area contributed by atoms with Gasteiger partial charge in [-0.25, -0.2) is 0 Å². The molecule has 0 aromatic heterocycles. The minimum absolute atomic E-state index is 0.00667. The molecule has 4 heteroatoms. The van der Waals surface area contributed by atoms with E-state index in [-0.39, 0.29) is 5.97 Å². The number of carbonyl (C=O) groups is 2. The molecule has 53 heavy (non-hydrogen) atoms. The van der Waals surface area contributed by atoms with E-state index in [1.165, 1.54) is 212 Å². The zero-order valence-electron chi connectivity index (χ0n) is 35.7. The predicted octanol–water partition coefficient (Wildman–Crippen LogP) is 16.7. The molecule has 0 heterocycles. The van der Waals surface area contributed by atoms with Crippen LogP contribution < -0.4 is 0 Å². The van der Waals surface area contributed by atoms with Crippen LogP contribution in [0.2, 0.25) is 0 Å². The van der Waals surface area contributed by atoms with Gasteiger partial charge in [-0.05, 0) is 51.4 Å². The highest BCUT2D eigenvalue weighted by Gasteiger charge is 2.03. The van der Waals surface area contributed by atoms with Crippen LogP contribution in [0.15, 0.2) is 24.3 Å². The van der Waals surface area contributed by atoms with Crippen molar-refractivity contribution < 1.29 is 19.4 Å². The van der Waals surface area contributed by atoms with Gasteiger partial charge in [0.15, 0.2) is 0 Å². The molecule has 0 spiro atoms. The van der Waals surface area contributed by atoms with Gasteiger partial charge in [0.1, 0.15) is 0 Å². The number of ether oxygens (including phenoxy) is 1. The number of esters is 1. The molecule has 0 amide bonds. The number of allylic oxidation sites excluding steroid dienone is 4. The Bertz CT molecular complexity index is 787. The fourth-order valence-electron chi connectivity index (χ4n) is 7.31. The van der Waals surface area contributed by atoms with Gasteiger partial charge in [-0.3, -0.25) is 9.59 Å². The molecule has 4 nitrogen and oxygen atoms in total. The first-order chi connectivity index (χ1) is 26.2. The van der Waals surface area contributed by atoms with Crippen LogP contribution in [0.25, 0.3) is 0 Å². The number of carboxylic acid groups (broad SMARTS) is 1. The minimum atomic E-state index is -0.654. The number of hydrogen-bond donors (Lipinski definition) is 1. The Kier molecular flexibility index (Phi) is 45.2. The normalized spacial score (nSPS) is 11.7. The summed E-state index contributed by atoms with van der Waals surface area (Å²) in [4.78, 5) is 22.5. The van der Waals surface area contributed by atoms with Crippen LogP contribution in [0.4, 0.5) is 0 Å². The molecular weight excluding hydrogens is 653 g/mol. The van der Waals surface area contributed by atoms with Crippen molar-refractivity contribution in [2.75, 3.05) is 6.61 Å². The smallest absolute Gasteiger partial charge is 0.305 e. The highest BCUT2D eigenvalue weighted by atomic mass is 16.5. The summed E-state index contributed by atoms with van der Waals surface area (Å²) >= 11 is 0. The molecule has 0 radical (unpaired) electrons. The number of aliphatic carboxylic acids is 1. The Morgan fingerprint density at radius 2 is 0.679 bits per heavy atom. The van der Waals surface area contributed by atoms with Gasteiger partial charge in [-0.2, -0.15) is 0 Å². The zero-order chi connectivity index (χ0) is 38.4. The fraction of sp³-hybridized carbons (Fsp3) is 0.878. The average Bonchev–Trinajstić information content (AvgIpc) is 3.15. The SMILES string of the molecule is CCCCC/C=C\C/C=C\CCCCCCCC(=O)OCCCCCCCCCCCCCCCCCCCCCCCCCCCCCCC(=O)O. The lowest BCUT2D eigenvalue weighted by atomic mass is 10.0. The second kappa shape index (κ2) is 46.6. The molecule has 0 saturated carbocycles. The topological polar surface area (TPSA) is 63.6 Å². The second-order valence-corrected chi connectivity index (χ2v) is 16.2. The molecule has 0 atom stereocenters. The lowest BCUT2D eigenvalue weighted by Crippen LogP contribution is -2.05. The van der Waals surface area contributed by atoms with E-state index in [1.807, 2.05) is 0 Å². The van der Waals surface area contributed by atoms with Crippen LogP contribution >= 0.6 is 0 Å². The van der Waals surface area contributed by atoms with Gasteiger partial charge in [0.2, 0.25) is 0 Å². The highest BCUT2D eigenvalue weighted by molar-refractivity contribution is 5.69. The fourth-order valence-corrected chi connectivity index (χ4v) is 7.31. The summed E-state index contributed by atoms with van der Waals surface area (Å²) in [6.45, 7) is 2.87. The summed E-state index contributed by atoms with van der Waals surface area (Å²) in [5.41, 5.74) is 0. The molecule has 0 aromatic carbocycles. The Labute approximate surface area is 331 Å². The molecule has 0 aliphatic carbocycles. The lowest BCUT2D eigenvalue weighted by Gasteiger charge is -2.06. The van der Waals surface area contributed by atoms with Gasteiger partial charge in [-0.15, -0.1) is 0 Å². The van der Waals surface area contributed by atoms with Crippen molar-refractivity contribution in [2.45, 2.75) is 270 Å². The summed E-state index contributed by atoms with van der Waals surface area (Å²) in [6, 6.07) is 0. The van der Waals surface area contributed by atoms with Gasteiger partial charge in [0.05, 0.1) is 6.61 Å². The van der Waals surface area contributed by atoms with Gasteiger partial charge in [-0.1, -0.05) is 230 Å². The molecule has 0 fully saturated rings. The van der Waals surface area contributed by atoms with Crippen molar-refractivity contribution in [3.05, 3.63) is 24.3 Å². The summed E-state index contributed by atoms with van der Waals surface area (Å²) in [5.74, 6) is -0.647. The summed E-state index contributed by atoms with van der Waals surface area (Å²) in [5, 5.41) is 8.66. The monoisotopic (exact) mass is 745 g/mol. The van der Waals surface area contributed by atoms with Gasteiger partial charge < -0.3 is 9.84 Å². The summed E-state index contributed by atoms with van der Waals surface area (Å²) in [6.07, 6.45) is 61.0. The standard InChI is InChI=1S/C49H92O4/c1-2-3-4-5-6-7-8-9-24-28-31-34-37-40-43-46-49(52)53-47-44-41-38-35-32-29-26-23-21-19-17-15-13-11-10-12-14-16-18-20-22-25-27-30-33-36-39-42-45-48(50)51/h6-7,9,24H,2-5,8,10-23,25-47H2,1H3,(H,50,51)/b7-6-,24-9-. The summed E-state index contributed by atoms with van der Waals surface area (Å²) < 4.78 is 5.46. The third-order valence-electron chi connectivity index (χ3n) is 10.9. The minimum Gasteiger partial charge on any atom is -0.481 e. The quantitative estimate of drug-likeness (QED) is 0.0383. The number of hydrogen-bond acceptors (Lipinski definition) is 3. The van der Waals surface area contributed by atoms with E-state index in [0.717, 1.165) is 38.5 Å². The Hall–Kier alpha value is -1.58. The first-order valence-electron chi connectivity index (χ1n) is 23.8. The van der Waals surface area contributed by atoms with E-state index in [0.29, 0.717) is 19.4 Å². The van der Waals surface area contributed by atoms with Crippen molar-refractivity contribution in [1.29, 1.82) is 0 Å². The first-order valence-corrected chi connectivity index (χ1v) is 23.8. The maximum atomic E-state index is 12.0. The molecule has 0 aliphatic rings. The molecule has 0 bridgehead atoms. The van der Waals surface area contributed by atoms with Gasteiger partial charge in [0, 0.05) is 12.8 Å². The number of carbonyl (C=O) groups excluding carboxylic acids is 1. The van der Waals surface area contributed by atoms with E-state index >= 15 is 0 Å². The molecule has 0 aliphatic heterocycles. The maximum absolute atomic E-state index is 12.0. The van der Waals surface area contributed by atoms with Crippen LogP contribution in [0.3, 0.4) is 0 Å². The predicted molar refractivity (Wildman–Crippen MR) is 232 cm³/mol. The lowest BCUT2D eigenvalue weighted by molar-refractivity contribution is -0.144. The van der Waals surface area contributed by atoms with Crippen LogP contribution in [-0.4, -0.2) is 23.7 Å². The number of carboxylic acids is 1. The second-order valence-electron chi connectivity index (χ2n) is 16.2. The Morgan fingerprint density at radius 1 is 0.377 bits per heavy atom. The van der Waals surface area contributed by atoms with Crippen LogP contribution in [0, 0.1) is 0 Å². The summed E-state index contributed by atoms with van der Waals surface area (Å²) in [7, 11) is 0. The third kappa shape index (κ3) is 48.4. The largest absolute Gasteiger partial charge is 0.481 e. The van der Waals surface area contributed by atoms with Crippen LogP contribution in [-0.2, 0) is 14.3 Å². The molecule has 0 rings (SSSR count). The highest BCUT2D eigenvalue weighted by Crippen LogP contribution is 2.17. The molecule has 0 saturated heterocycles. The van der Waals surface area contributed by atoms with E-state index in [2.05, 4.69) is 31.2 Å². The van der Waals surface area contributed by atoms with Crippen molar-refractivity contribution in [3.8, 4) is 0 Å². The van der Waals surface area contributed by atoms with Crippen molar-refractivity contribution in [3.63, 3.8) is 0 Å². The average molecular weight is 745 g/mol. The zero-order valence-corrected chi connectivity index (χ0v) is 35.7. The van der Waals surface area contributed by atoms with Crippen molar-refractivity contribution >= 4 is 11.9 Å². The molecule has 1 N–H and O–H groups in total. The van der Waals surface area contributed by atoms with Gasteiger partial charge >= 0.3 is 11.9 Å². The number of unbranched alkanes of at least 4 members (excludes halogenated alkanes) is 35. The number of rotatable bonds is 45. The van der Waals surface area contributed by atoms with E-state index in [9.17, 15) is 9.59 Å². The van der Waals surface area contributed by atoms with Crippen LogP contribution in [0.5, 0.6) is 0 Å². The van der Waals surface area contributed by atoms with Gasteiger partial charge in [0.25, 0.3) is 0 Å². The molecule has 0 aromatic rings. The Balaban J connectivity index is 3.17. The molecule has 0 unspecified atom stereocenters. The van der Waals surface area contributed by atoms with E-state index in [4.69, 9.17) is 9.84 Å². The van der Waals surface area contributed by atoms with E-state index in [1.54, 1.807) is 0 Å². The molecular formula is C49H92O4. The first kappa shape index (κ1) is 51.4. The van der Waals surface area contributed by atoms with Crippen molar-refractivity contribution in [2.24, 2.45) is 0 Å². The maximum Gasteiger partial charge on any atom is 0.305 e. The van der Waals surface area contributed by atoms with Crippen LogP contribution in [0.1, 0.15) is 270 Å². The van der Waals surface area contributed by atoms with Crippen molar-refractivity contribution in [1.82, 2.24) is 0 Å². The third-order valence-corrected chi connectivity index (χ3v) is 10.9.